The molecule has 0 aliphatic rings. The zero-order chi connectivity index (χ0) is 12.8. The van der Waals surface area contributed by atoms with Crippen molar-refractivity contribution >= 4 is 17.3 Å². The molecule has 17 heavy (non-hydrogen) atoms. The third-order valence-corrected chi connectivity index (χ3v) is 3.02. The summed E-state index contributed by atoms with van der Waals surface area (Å²) in [5, 5.41) is 14.6. The number of nitrogens with zero attached hydrogens (tertiary/aromatic N) is 1. The minimum absolute atomic E-state index is 0.112. The molecule has 0 aromatic heterocycles. The fourth-order valence-corrected chi connectivity index (χ4v) is 2.04. The summed E-state index contributed by atoms with van der Waals surface area (Å²) in [6.07, 6.45) is 1.45. The molecule has 0 saturated carbocycles. The van der Waals surface area contributed by atoms with E-state index in [1.807, 2.05) is 6.92 Å². The Bertz CT molecular complexity index is 396. The second kappa shape index (κ2) is 6.57. The van der Waals surface area contributed by atoms with Gasteiger partial charge in [-0.1, -0.05) is 24.6 Å². The molecule has 1 N–H and O–H groups in total. The van der Waals surface area contributed by atoms with Crippen LogP contribution in [0.3, 0.4) is 0 Å². The molecule has 0 heterocycles. The third-order valence-electron chi connectivity index (χ3n) is 2.67. The van der Waals surface area contributed by atoms with Gasteiger partial charge < -0.3 is 5.32 Å². The summed E-state index contributed by atoms with van der Waals surface area (Å²) >= 11 is 6.01. The summed E-state index contributed by atoms with van der Waals surface area (Å²) < 4.78 is 0. The maximum atomic E-state index is 10.9. The third kappa shape index (κ3) is 3.98. The number of nitro benzene ring substituents is 1. The number of nitrogens with one attached hydrogen (secondary N) is 1. The van der Waals surface area contributed by atoms with Crippen LogP contribution in [0.25, 0.3) is 0 Å². The number of rotatable bonds is 6. The van der Waals surface area contributed by atoms with Crippen molar-refractivity contribution in [2.45, 2.75) is 32.7 Å². The molecule has 1 aromatic carbocycles. The average Bonchev–Trinajstić information content (AvgIpc) is 2.27. The zero-order valence-electron chi connectivity index (χ0n) is 10.1. The predicted octanol–water partition coefficient (Wildman–Crippen LogP) is 3.18. The second-order valence-electron chi connectivity index (χ2n) is 3.99. The van der Waals surface area contributed by atoms with Gasteiger partial charge in [0.25, 0.3) is 5.69 Å². The number of nitro groups is 1. The molecule has 0 aliphatic carbocycles. The van der Waals surface area contributed by atoms with Gasteiger partial charge in [-0.15, -0.1) is 0 Å². The Morgan fingerprint density at radius 1 is 1.53 bits per heavy atom. The lowest BCUT2D eigenvalue weighted by Crippen LogP contribution is -2.26. The molecule has 1 unspecified atom stereocenters. The summed E-state index contributed by atoms with van der Waals surface area (Å²) in [6, 6.07) is 5.13. The van der Waals surface area contributed by atoms with Gasteiger partial charge >= 0.3 is 0 Å². The van der Waals surface area contributed by atoms with Gasteiger partial charge in [0, 0.05) is 17.7 Å². The van der Waals surface area contributed by atoms with E-state index in [2.05, 4.69) is 12.2 Å². The van der Waals surface area contributed by atoms with E-state index in [-0.39, 0.29) is 10.6 Å². The van der Waals surface area contributed by atoms with Gasteiger partial charge in [0.05, 0.1) is 9.95 Å². The number of hydrogen-bond donors (Lipinski definition) is 1. The van der Waals surface area contributed by atoms with E-state index in [1.165, 1.54) is 6.07 Å². The van der Waals surface area contributed by atoms with Crippen LogP contribution in [0.5, 0.6) is 0 Å². The van der Waals surface area contributed by atoms with Crippen LogP contribution in [0, 0.1) is 10.1 Å². The highest BCUT2D eigenvalue weighted by atomic mass is 35.5. The Hall–Kier alpha value is -1.13. The van der Waals surface area contributed by atoms with Crippen LogP contribution in [0.4, 0.5) is 5.69 Å². The van der Waals surface area contributed by atoms with Crippen molar-refractivity contribution in [1.82, 2.24) is 5.32 Å². The van der Waals surface area contributed by atoms with Crippen LogP contribution in [0.1, 0.15) is 25.8 Å². The molecule has 1 atom stereocenters. The number of benzene rings is 1. The maximum Gasteiger partial charge on any atom is 0.274 e. The highest BCUT2D eigenvalue weighted by Gasteiger charge is 2.16. The van der Waals surface area contributed by atoms with E-state index < -0.39 is 0 Å². The molecule has 0 amide bonds. The Kier molecular flexibility index (Phi) is 5.38. The molecule has 0 bridgehead atoms. The van der Waals surface area contributed by atoms with Crippen LogP contribution < -0.4 is 5.32 Å². The van der Waals surface area contributed by atoms with Gasteiger partial charge in [-0.05, 0) is 32.4 Å². The van der Waals surface area contributed by atoms with E-state index >= 15 is 0 Å². The van der Waals surface area contributed by atoms with Crippen molar-refractivity contribution in [2.24, 2.45) is 0 Å². The van der Waals surface area contributed by atoms with Crippen LogP contribution in [0.2, 0.25) is 5.02 Å². The van der Waals surface area contributed by atoms with Gasteiger partial charge in [0.1, 0.15) is 0 Å². The van der Waals surface area contributed by atoms with E-state index in [0.29, 0.717) is 23.0 Å². The van der Waals surface area contributed by atoms with Crippen molar-refractivity contribution in [3.8, 4) is 0 Å². The molecule has 5 heteroatoms. The standard InChI is InChI=1S/C12H17ClN2O2/c1-3-14-9(2)7-8-10-11(13)5-4-6-12(10)15(16)17/h4-6,9,14H,3,7-8H2,1-2H3. The molecule has 0 spiro atoms. The zero-order valence-corrected chi connectivity index (χ0v) is 10.8. The molecule has 0 fully saturated rings. The Labute approximate surface area is 106 Å². The summed E-state index contributed by atoms with van der Waals surface area (Å²) in [7, 11) is 0. The van der Waals surface area contributed by atoms with E-state index in [9.17, 15) is 10.1 Å². The quantitative estimate of drug-likeness (QED) is 0.628. The summed E-state index contributed by atoms with van der Waals surface area (Å²) in [4.78, 5) is 10.5. The van der Waals surface area contributed by atoms with Crippen molar-refractivity contribution in [3.05, 3.63) is 38.9 Å². The van der Waals surface area contributed by atoms with Gasteiger partial charge in [0.15, 0.2) is 0 Å². The Balaban J connectivity index is 2.79. The molecule has 0 aliphatic heterocycles. The van der Waals surface area contributed by atoms with Crippen LogP contribution >= 0.6 is 11.6 Å². The Morgan fingerprint density at radius 3 is 2.82 bits per heavy atom. The van der Waals surface area contributed by atoms with Gasteiger partial charge in [0.2, 0.25) is 0 Å². The minimum Gasteiger partial charge on any atom is -0.315 e. The van der Waals surface area contributed by atoms with Gasteiger partial charge in [-0.25, -0.2) is 0 Å². The largest absolute Gasteiger partial charge is 0.315 e. The topological polar surface area (TPSA) is 55.2 Å². The summed E-state index contributed by atoms with van der Waals surface area (Å²) in [6.45, 7) is 4.99. The predicted molar refractivity (Wildman–Crippen MR) is 69.6 cm³/mol. The van der Waals surface area contributed by atoms with Crippen LogP contribution in [-0.4, -0.2) is 17.5 Å². The first-order chi connectivity index (χ1) is 8.06. The molecule has 0 saturated heterocycles. The van der Waals surface area contributed by atoms with Gasteiger partial charge in [-0.2, -0.15) is 0 Å². The van der Waals surface area contributed by atoms with E-state index in [1.54, 1.807) is 12.1 Å². The van der Waals surface area contributed by atoms with Crippen molar-refractivity contribution in [1.29, 1.82) is 0 Å². The number of halogens is 1. The lowest BCUT2D eigenvalue weighted by atomic mass is 10.0. The second-order valence-corrected chi connectivity index (χ2v) is 4.40. The highest BCUT2D eigenvalue weighted by molar-refractivity contribution is 6.31. The fraction of sp³-hybridized carbons (Fsp3) is 0.500. The van der Waals surface area contributed by atoms with E-state index in [0.717, 1.165) is 13.0 Å². The first-order valence-electron chi connectivity index (χ1n) is 5.71. The van der Waals surface area contributed by atoms with E-state index in [4.69, 9.17) is 11.6 Å². The van der Waals surface area contributed by atoms with Crippen molar-refractivity contribution < 1.29 is 4.92 Å². The fourth-order valence-electron chi connectivity index (χ4n) is 1.78. The minimum atomic E-state index is -0.376. The average molecular weight is 257 g/mol. The monoisotopic (exact) mass is 256 g/mol. The summed E-state index contributed by atoms with van der Waals surface area (Å²) in [5.74, 6) is 0. The maximum absolute atomic E-state index is 10.9. The summed E-state index contributed by atoms with van der Waals surface area (Å²) in [5.41, 5.74) is 0.741. The molecular formula is C12H17ClN2O2. The highest BCUT2D eigenvalue weighted by Crippen LogP contribution is 2.27. The molecule has 1 rings (SSSR count). The molecule has 0 radical (unpaired) electrons. The van der Waals surface area contributed by atoms with Crippen molar-refractivity contribution in [2.75, 3.05) is 6.54 Å². The number of hydrogen-bond acceptors (Lipinski definition) is 3. The first kappa shape index (κ1) is 13.9. The molecule has 4 nitrogen and oxygen atoms in total. The SMILES string of the molecule is CCNC(C)CCc1c(Cl)cccc1[N+](=O)[O-]. The van der Waals surface area contributed by atoms with Gasteiger partial charge in [-0.3, -0.25) is 10.1 Å². The smallest absolute Gasteiger partial charge is 0.274 e. The van der Waals surface area contributed by atoms with Crippen molar-refractivity contribution in [3.63, 3.8) is 0 Å². The molecule has 94 valence electrons. The van der Waals surface area contributed by atoms with Crippen LogP contribution in [-0.2, 0) is 6.42 Å². The van der Waals surface area contributed by atoms with Crippen LogP contribution in [0.15, 0.2) is 18.2 Å². The molecular weight excluding hydrogens is 240 g/mol. The lowest BCUT2D eigenvalue weighted by molar-refractivity contribution is -0.385. The molecule has 1 aromatic rings. The Morgan fingerprint density at radius 2 is 2.24 bits per heavy atom. The first-order valence-corrected chi connectivity index (χ1v) is 6.09. The lowest BCUT2D eigenvalue weighted by Gasteiger charge is -2.12. The normalized spacial score (nSPS) is 12.4.